The number of methoxy groups -OCH3 is 1. The van der Waals surface area contributed by atoms with Gasteiger partial charge in [-0.1, -0.05) is 0 Å². The van der Waals surface area contributed by atoms with Crippen LogP contribution >= 0.6 is 0 Å². The van der Waals surface area contributed by atoms with Crippen LogP contribution in [0.3, 0.4) is 0 Å². The molecule has 1 aromatic heterocycles. The van der Waals surface area contributed by atoms with Gasteiger partial charge in [-0.2, -0.15) is 5.26 Å². The zero-order chi connectivity index (χ0) is 11.5. The molecule has 0 atom stereocenters. The molecule has 1 aliphatic rings. The van der Waals surface area contributed by atoms with Gasteiger partial charge < -0.3 is 10.1 Å². The maximum Gasteiger partial charge on any atom is 0.340 e. The summed E-state index contributed by atoms with van der Waals surface area (Å²) in [6.07, 6.45) is 0.783. The lowest BCUT2D eigenvalue weighted by atomic mass is 10.0. The molecular weight excluding hydrogens is 206 g/mol. The third kappa shape index (κ3) is 1.75. The summed E-state index contributed by atoms with van der Waals surface area (Å²) in [7, 11) is 1.29. The fraction of sp³-hybridized carbons (Fsp3) is 0.364. The van der Waals surface area contributed by atoms with Crippen LogP contribution in [0.25, 0.3) is 0 Å². The number of carbonyl (C=O) groups excluding carboxylic acids is 1. The van der Waals surface area contributed by atoms with Crippen molar-refractivity contribution in [1.29, 1.82) is 5.26 Å². The third-order valence-corrected chi connectivity index (χ3v) is 2.56. The van der Waals surface area contributed by atoms with Gasteiger partial charge in [0.15, 0.2) is 5.69 Å². The molecule has 5 nitrogen and oxygen atoms in total. The summed E-state index contributed by atoms with van der Waals surface area (Å²) in [5.41, 5.74) is 2.24. The summed E-state index contributed by atoms with van der Waals surface area (Å²) >= 11 is 0. The number of fused-ring (bicyclic) bond motifs is 1. The van der Waals surface area contributed by atoms with Crippen LogP contribution in [0, 0.1) is 11.3 Å². The molecule has 0 bridgehead atoms. The van der Waals surface area contributed by atoms with Gasteiger partial charge in [-0.3, -0.25) is 0 Å². The number of nitriles is 1. The molecule has 0 aromatic carbocycles. The maximum absolute atomic E-state index is 11.4. The lowest BCUT2D eigenvalue weighted by Crippen LogP contribution is -2.25. The minimum atomic E-state index is -0.516. The number of aromatic nitrogens is 1. The van der Waals surface area contributed by atoms with E-state index in [2.05, 4.69) is 15.0 Å². The second-order valence-corrected chi connectivity index (χ2v) is 3.52. The number of hydrogen-bond donors (Lipinski definition) is 1. The number of nitrogens with zero attached hydrogens (tertiary/aromatic N) is 2. The molecule has 16 heavy (non-hydrogen) atoms. The second-order valence-electron chi connectivity index (χ2n) is 3.52. The molecule has 0 saturated heterocycles. The first-order chi connectivity index (χ1) is 7.76. The Morgan fingerprint density at radius 2 is 2.50 bits per heavy atom. The molecule has 1 aliphatic heterocycles. The SMILES string of the molecule is COC(=O)c1cc2c(nc1C#N)CCNC2. The number of rotatable bonds is 1. The first-order valence-electron chi connectivity index (χ1n) is 4.98. The average molecular weight is 217 g/mol. The van der Waals surface area contributed by atoms with E-state index in [0.717, 1.165) is 24.2 Å². The van der Waals surface area contributed by atoms with Crippen molar-refractivity contribution in [3.8, 4) is 6.07 Å². The van der Waals surface area contributed by atoms with Crippen LogP contribution in [0.4, 0.5) is 0 Å². The van der Waals surface area contributed by atoms with Crippen molar-refractivity contribution in [2.45, 2.75) is 13.0 Å². The number of pyridine rings is 1. The van der Waals surface area contributed by atoms with Crippen LogP contribution in [0.2, 0.25) is 0 Å². The molecule has 82 valence electrons. The highest BCUT2D eigenvalue weighted by Crippen LogP contribution is 2.17. The summed E-state index contributed by atoms with van der Waals surface area (Å²) in [6, 6.07) is 3.62. The van der Waals surface area contributed by atoms with Crippen molar-refractivity contribution < 1.29 is 9.53 Å². The standard InChI is InChI=1S/C11H11N3O2/c1-16-11(15)8-4-7-6-13-3-2-9(7)14-10(8)5-12/h4,13H,2-3,6H2,1H3. The predicted molar refractivity (Wildman–Crippen MR) is 55.7 cm³/mol. The van der Waals surface area contributed by atoms with Crippen molar-refractivity contribution in [3.63, 3.8) is 0 Å². The highest BCUT2D eigenvalue weighted by Gasteiger charge is 2.19. The second kappa shape index (κ2) is 4.29. The summed E-state index contributed by atoms with van der Waals surface area (Å²) in [6.45, 7) is 1.53. The van der Waals surface area contributed by atoms with Gasteiger partial charge in [0.2, 0.25) is 0 Å². The molecule has 0 aliphatic carbocycles. The van der Waals surface area contributed by atoms with Gasteiger partial charge in [0.25, 0.3) is 0 Å². The van der Waals surface area contributed by atoms with E-state index < -0.39 is 5.97 Å². The van der Waals surface area contributed by atoms with E-state index in [1.54, 1.807) is 6.07 Å². The van der Waals surface area contributed by atoms with Gasteiger partial charge in [0, 0.05) is 25.2 Å². The van der Waals surface area contributed by atoms with E-state index in [9.17, 15) is 4.79 Å². The molecule has 0 fully saturated rings. The topological polar surface area (TPSA) is 75.0 Å². The Bertz CT molecular complexity index is 477. The van der Waals surface area contributed by atoms with Gasteiger partial charge in [-0.15, -0.1) is 0 Å². The average Bonchev–Trinajstić information content (AvgIpc) is 2.36. The molecule has 2 heterocycles. The van der Waals surface area contributed by atoms with Crippen LogP contribution in [0.15, 0.2) is 6.07 Å². The minimum Gasteiger partial charge on any atom is -0.465 e. The van der Waals surface area contributed by atoms with E-state index in [1.807, 2.05) is 6.07 Å². The highest BCUT2D eigenvalue weighted by molar-refractivity contribution is 5.91. The van der Waals surface area contributed by atoms with Crippen molar-refractivity contribution in [2.24, 2.45) is 0 Å². The number of hydrogen-bond acceptors (Lipinski definition) is 5. The fourth-order valence-corrected chi connectivity index (χ4v) is 1.74. The molecule has 0 spiro atoms. The first kappa shape index (κ1) is 10.6. The Kier molecular flexibility index (Phi) is 2.84. The van der Waals surface area contributed by atoms with Crippen LogP contribution < -0.4 is 5.32 Å². The molecule has 1 aromatic rings. The summed E-state index contributed by atoms with van der Waals surface area (Å²) in [5.74, 6) is -0.516. The zero-order valence-corrected chi connectivity index (χ0v) is 8.91. The lowest BCUT2D eigenvalue weighted by molar-refractivity contribution is 0.0599. The van der Waals surface area contributed by atoms with E-state index in [1.165, 1.54) is 7.11 Å². The van der Waals surface area contributed by atoms with Crippen LogP contribution in [-0.2, 0) is 17.7 Å². The quantitative estimate of drug-likeness (QED) is 0.688. The summed E-state index contributed by atoms with van der Waals surface area (Å²) < 4.78 is 4.62. The largest absolute Gasteiger partial charge is 0.465 e. The van der Waals surface area contributed by atoms with E-state index in [-0.39, 0.29) is 11.3 Å². The van der Waals surface area contributed by atoms with E-state index in [4.69, 9.17) is 5.26 Å². The summed E-state index contributed by atoms with van der Waals surface area (Å²) in [4.78, 5) is 15.6. The smallest absolute Gasteiger partial charge is 0.340 e. The van der Waals surface area contributed by atoms with E-state index >= 15 is 0 Å². The molecule has 1 N–H and O–H groups in total. The Morgan fingerprint density at radius 1 is 1.69 bits per heavy atom. The van der Waals surface area contributed by atoms with Crippen LogP contribution in [0.1, 0.15) is 27.3 Å². The maximum atomic E-state index is 11.4. The lowest BCUT2D eigenvalue weighted by Gasteiger charge is -2.17. The molecule has 0 amide bonds. The zero-order valence-electron chi connectivity index (χ0n) is 8.91. The van der Waals surface area contributed by atoms with Gasteiger partial charge in [0.05, 0.1) is 12.7 Å². The molecule has 0 radical (unpaired) electrons. The molecule has 2 rings (SSSR count). The number of nitrogens with one attached hydrogen (secondary N) is 1. The Morgan fingerprint density at radius 3 is 3.19 bits per heavy atom. The number of ether oxygens (including phenoxy) is 1. The Balaban J connectivity index is 2.52. The number of esters is 1. The van der Waals surface area contributed by atoms with Crippen molar-refractivity contribution in [3.05, 3.63) is 28.6 Å². The summed E-state index contributed by atoms with van der Waals surface area (Å²) in [5, 5.41) is 12.1. The molecule has 5 heteroatoms. The Hall–Kier alpha value is -1.93. The van der Waals surface area contributed by atoms with E-state index in [0.29, 0.717) is 6.54 Å². The highest BCUT2D eigenvalue weighted by atomic mass is 16.5. The molecule has 0 saturated carbocycles. The van der Waals surface area contributed by atoms with Gasteiger partial charge in [-0.05, 0) is 11.6 Å². The first-order valence-corrected chi connectivity index (χ1v) is 4.98. The van der Waals surface area contributed by atoms with Crippen LogP contribution in [0.5, 0.6) is 0 Å². The molecule has 0 unspecified atom stereocenters. The van der Waals surface area contributed by atoms with Crippen molar-refractivity contribution >= 4 is 5.97 Å². The molecular formula is C11H11N3O2. The van der Waals surface area contributed by atoms with Gasteiger partial charge in [0.1, 0.15) is 6.07 Å². The predicted octanol–water partition coefficient (Wildman–Crippen LogP) is 0.386. The van der Waals surface area contributed by atoms with Crippen molar-refractivity contribution in [1.82, 2.24) is 10.3 Å². The minimum absolute atomic E-state index is 0.146. The van der Waals surface area contributed by atoms with Crippen molar-refractivity contribution in [2.75, 3.05) is 13.7 Å². The third-order valence-electron chi connectivity index (χ3n) is 2.56. The normalized spacial score (nSPS) is 13.8. The monoisotopic (exact) mass is 217 g/mol. The van der Waals surface area contributed by atoms with Crippen LogP contribution in [-0.4, -0.2) is 24.6 Å². The van der Waals surface area contributed by atoms with Gasteiger partial charge in [-0.25, -0.2) is 9.78 Å². The Labute approximate surface area is 93.1 Å². The number of carbonyl (C=O) groups is 1. The van der Waals surface area contributed by atoms with Gasteiger partial charge >= 0.3 is 5.97 Å². The fourth-order valence-electron chi connectivity index (χ4n) is 1.74.